The predicted molar refractivity (Wildman–Crippen MR) is 159 cm³/mol. The fourth-order valence-electron chi connectivity index (χ4n) is 4.46. The summed E-state index contributed by atoms with van der Waals surface area (Å²) in [4.78, 5) is 30.2. The number of furan rings is 1. The first-order chi connectivity index (χ1) is 19.1. The maximum absolute atomic E-state index is 12.2. The summed E-state index contributed by atoms with van der Waals surface area (Å²) in [5, 5.41) is 16.8. The second kappa shape index (κ2) is 11.3. The number of carboxylic acid groups (broad SMARTS) is 1. The van der Waals surface area contributed by atoms with E-state index in [0.717, 1.165) is 5.69 Å². The first-order valence-electron chi connectivity index (χ1n) is 12.4. The van der Waals surface area contributed by atoms with E-state index in [1.165, 1.54) is 18.2 Å². The number of amides is 1. The standard InChI is InChI=1S/C29H24Cl2N4O4S/c1-15(2)27(36)33-21-9-7-17(14-20(21)31)35-26(25(34-29(35)40)22-5-3-4-12-32-22)24-11-10-23(39-24)18-13-16(28(37)38)6-8-19(18)30/h3-15,25-26H,1-2H3,(H,33,36)(H,34,40)(H,37,38)/t25-,26+/m0/s1. The number of nitrogens with zero attached hydrogens (tertiary/aromatic N) is 2. The topological polar surface area (TPSA) is 108 Å². The Bertz CT molecular complexity index is 1610. The number of halogens is 2. The summed E-state index contributed by atoms with van der Waals surface area (Å²) in [6, 6.07) is 18.0. The van der Waals surface area contributed by atoms with Crippen molar-refractivity contribution in [3.8, 4) is 11.3 Å². The molecule has 204 valence electrons. The van der Waals surface area contributed by atoms with Gasteiger partial charge < -0.3 is 25.1 Å². The van der Waals surface area contributed by atoms with Gasteiger partial charge in [-0.2, -0.15) is 0 Å². The van der Waals surface area contributed by atoms with Crippen molar-refractivity contribution in [2.45, 2.75) is 25.9 Å². The molecule has 2 aromatic carbocycles. The van der Waals surface area contributed by atoms with Gasteiger partial charge in [0.25, 0.3) is 0 Å². The molecule has 1 aliphatic heterocycles. The SMILES string of the molecule is CC(C)C(=O)Nc1ccc(N2C(=S)N[C@@H](c3ccccn3)[C@H]2c2ccc(-c3cc(C(=O)O)ccc3Cl)o2)cc1Cl. The van der Waals surface area contributed by atoms with Crippen molar-refractivity contribution < 1.29 is 19.1 Å². The molecule has 3 heterocycles. The lowest BCUT2D eigenvalue weighted by atomic mass is 10.0. The third kappa shape index (κ3) is 5.40. The molecule has 0 aliphatic carbocycles. The van der Waals surface area contributed by atoms with Gasteiger partial charge in [-0.15, -0.1) is 0 Å². The monoisotopic (exact) mass is 594 g/mol. The Balaban J connectivity index is 1.57. The van der Waals surface area contributed by atoms with Gasteiger partial charge in [-0.3, -0.25) is 9.78 Å². The number of anilines is 2. The zero-order valence-corrected chi connectivity index (χ0v) is 23.7. The molecule has 1 aliphatic rings. The molecule has 0 radical (unpaired) electrons. The van der Waals surface area contributed by atoms with E-state index in [2.05, 4.69) is 15.6 Å². The summed E-state index contributed by atoms with van der Waals surface area (Å²) in [5.74, 6) is -0.461. The van der Waals surface area contributed by atoms with E-state index in [0.29, 0.717) is 43.6 Å². The Kier molecular flexibility index (Phi) is 7.80. The number of hydrogen-bond donors (Lipinski definition) is 3. The van der Waals surface area contributed by atoms with E-state index >= 15 is 0 Å². The van der Waals surface area contributed by atoms with E-state index in [4.69, 9.17) is 39.8 Å². The van der Waals surface area contributed by atoms with Crippen LogP contribution < -0.4 is 15.5 Å². The number of carbonyl (C=O) groups is 2. The van der Waals surface area contributed by atoms with Crippen LogP contribution in [-0.2, 0) is 4.79 Å². The van der Waals surface area contributed by atoms with Gasteiger partial charge in [0.2, 0.25) is 5.91 Å². The quantitative estimate of drug-likeness (QED) is 0.194. The van der Waals surface area contributed by atoms with Gasteiger partial charge in [0.15, 0.2) is 5.11 Å². The van der Waals surface area contributed by atoms with Crippen LogP contribution >= 0.6 is 35.4 Å². The molecular formula is C29H24Cl2N4O4S. The maximum Gasteiger partial charge on any atom is 0.335 e. The van der Waals surface area contributed by atoms with Crippen LogP contribution in [0.3, 0.4) is 0 Å². The summed E-state index contributed by atoms with van der Waals surface area (Å²) >= 11 is 18.8. The number of aromatic nitrogens is 1. The normalized spacial score (nSPS) is 16.7. The predicted octanol–water partition coefficient (Wildman–Crippen LogP) is 7.12. The minimum atomic E-state index is -1.07. The summed E-state index contributed by atoms with van der Waals surface area (Å²) in [7, 11) is 0. The van der Waals surface area contributed by atoms with Crippen molar-refractivity contribution in [2.75, 3.05) is 10.2 Å². The molecule has 5 rings (SSSR count). The lowest BCUT2D eigenvalue weighted by molar-refractivity contribution is -0.118. The molecule has 8 nitrogen and oxygen atoms in total. The number of nitrogens with one attached hydrogen (secondary N) is 2. The molecule has 0 unspecified atom stereocenters. The van der Waals surface area contributed by atoms with Crippen LogP contribution in [0.2, 0.25) is 10.0 Å². The summed E-state index contributed by atoms with van der Waals surface area (Å²) < 4.78 is 6.32. The third-order valence-corrected chi connectivity index (χ3v) is 7.47. The van der Waals surface area contributed by atoms with Crippen LogP contribution in [0.15, 0.2) is 77.3 Å². The second-order valence-electron chi connectivity index (χ2n) is 9.51. The van der Waals surface area contributed by atoms with E-state index < -0.39 is 12.0 Å². The average Bonchev–Trinajstić information content (AvgIpc) is 3.55. The Labute approximate surface area is 245 Å². The molecule has 4 aromatic rings. The highest BCUT2D eigenvalue weighted by Crippen LogP contribution is 2.44. The zero-order valence-electron chi connectivity index (χ0n) is 21.4. The van der Waals surface area contributed by atoms with E-state index in [-0.39, 0.29) is 23.4 Å². The number of thiocarbonyl (C=S) groups is 1. The molecule has 1 amide bonds. The number of carboxylic acids is 1. The van der Waals surface area contributed by atoms with Gasteiger partial charge in [0, 0.05) is 23.4 Å². The maximum atomic E-state index is 12.2. The molecular weight excluding hydrogens is 571 g/mol. The molecule has 0 bridgehead atoms. The Morgan fingerprint density at radius 2 is 1.88 bits per heavy atom. The summed E-state index contributed by atoms with van der Waals surface area (Å²) in [6.07, 6.45) is 1.70. The molecule has 3 N–H and O–H groups in total. The Morgan fingerprint density at radius 1 is 1.07 bits per heavy atom. The number of hydrogen-bond acceptors (Lipinski definition) is 5. The van der Waals surface area contributed by atoms with Gasteiger partial charge in [-0.1, -0.05) is 43.1 Å². The zero-order chi connectivity index (χ0) is 28.6. The van der Waals surface area contributed by atoms with Gasteiger partial charge in [0.05, 0.1) is 33.0 Å². The largest absolute Gasteiger partial charge is 0.478 e. The number of benzene rings is 2. The van der Waals surface area contributed by atoms with Crippen LogP contribution in [0, 0.1) is 5.92 Å². The van der Waals surface area contributed by atoms with E-state index in [1.54, 1.807) is 44.3 Å². The molecule has 0 spiro atoms. The number of aromatic carboxylic acids is 1. The summed E-state index contributed by atoms with van der Waals surface area (Å²) in [5.41, 5.74) is 2.46. The van der Waals surface area contributed by atoms with Crippen LogP contribution in [-0.4, -0.2) is 27.1 Å². The first-order valence-corrected chi connectivity index (χ1v) is 13.5. The smallest absolute Gasteiger partial charge is 0.335 e. The number of pyridine rings is 1. The van der Waals surface area contributed by atoms with Crippen LogP contribution in [0.5, 0.6) is 0 Å². The fraction of sp³-hybridized carbons (Fsp3) is 0.172. The highest BCUT2D eigenvalue weighted by atomic mass is 35.5. The lowest BCUT2D eigenvalue weighted by Crippen LogP contribution is -2.29. The molecule has 40 heavy (non-hydrogen) atoms. The van der Waals surface area contributed by atoms with Crippen molar-refractivity contribution >= 4 is 63.8 Å². The molecule has 1 fully saturated rings. The molecule has 11 heteroatoms. The van der Waals surface area contributed by atoms with Gasteiger partial charge in [0.1, 0.15) is 17.6 Å². The fourth-order valence-corrected chi connectivity index (χ4v) is 5.24. The van der Waals surface area contributed by atoms with Crippen molar-refractivity contribution in [2.24, 2.45) is 5.92 Å². The van der Waals surface area contributed by atoms with Crippen molar-refractivity contribution in [3.05, 3.63) is 100.0 Å². The van der Waals surface area contributed by atoms with Crippen molar-refractivity contribution in [1.82, 2.24) is 10.3 Å². The Hall–Kier alpha value is -3.92. The van der Waals surface area contributed by atoms with Crippen LogP contribution in [0.1, 0.15) is 47.7 Å². The molecule has 1 saturated heterocycles. The minimum absolute atomic E-state index is 0.0911. The van der Waals surface area contributed by atoms with Crippen molar-refractivity contribution in [3.63, 3.8) is 0 Å². The van der Waals surface area contributed by atoms with E-state index in [1.807, 2.05) is 29.2 Å². The molecule has 2 aromatic heterocycles. The van der Waals surface area contributed by atoms with Crippen LogP contribution in [0.4, 0.5) is 11.4 Å². The van der Waals surface area contributed by atoms with Crippen LogP contribution in [0.25, 0.3) is 11.3 Å². The van der Waals surface area contributed by atoms with E-state index in [9.17, 15) is 14.7 Å². The molecule has 2 atom stereocenters. The van der Waals surface area contributed by atoms with Gasteiger partial charge >= 0.3 is 5.97 Å². The minimum Gasteiger partial charge on any atom is -0.478 e. The van der Waals surface area contributed by atoms with Gasteiger partial charge in [-0.25, -0.2) is 4.79 Å². The average molecular weight is 596 g/mol. The number of carbonyl (C=O) groups excluding carboxylic acids is 1. The first kappa shape index (κ1) is 27.6. The lowest BCUT2D eigenvalue weighted by Gasteiger charge is -2.26. The van der Waals surface area contributed by atoms with Gasteiger partial charge in [-0.05, 0) is 72.9 Å². The second-order valence-corrected chi connectivity index (χ2v) is 10.7. The summed E-state index contributed by atoms with van der Waals surface area (Å²) in [6.45, 7) is 3.61. The third-order valence-electron chi connectivity index (χ3n) is 6.51. The number of rotatable bonds is 7. The molecule has 0 saturated carbocycles. The Morgan fingerprint density at radius 3 is 2.55 bits per heavy atom. The highest BCUT2D eigenvalue weighted by Gasteiger charge is 2.42. The van der Waals surface area contributed by atoms with Crippen molar-refractivity contribution in [1.29, 1.82) is 0 Å². The highest BCUT2D eigenvalue weighted by molar-refractivity contribution is 7.80.